The molecule has 0 saturated heterocycles. The van der Waals surface area contributed by atoms with E-state index in [1.54, 1.807) is 23.1 Å². The van der Waals surface area contributed by atoms with Crippen LogP contribution in [0.25, 0.3) is 0 Å². The maximum absolute atomic E-state index is 4.06. The van der Waals surface area contributed by atoms with E-state index >= 15 is 0 Å². The van der Waals surface area contributed by atoms with Gasteiger partial charge in [-0.3, -0.25) is 0 Å². The number of hydrogen-bond donors (Lipinski definition) is 1. The summed E-state index contributed by atoms with van der Waals surface area (Å²) < 4.78 is 1.96. The van der Waals surface area contributed by atoms with Gasteiger partial charge in [0.1, 0.15) is 0 Å². The van der Waals surface area contributed by atoms with Crippen molar-refractivity contribution in [2.24, 2.45) is 0 Å². The van der Waals surface area contributed by atoms with Crippen LogP contribution in [0.15, 0.2) is 22.7 Å². The second-order valence-corrected chi connectivity index (χ2v) is 6.34. The monoisotopic (exact) mass is 281 g/mol. The standard InChI is InChI=1S/C11H15N5S2/c1-2-10(17-6-1)8-12-5-7-18-11-13-14-15-16(11)9-3-4-9/h1-2,6,9,12H,3-5,7-8H2. The van der Waals surface area contributed by atoms with Gasteiger partial charge in [-0.2, -0.15) is 0 Å². The van der Waals surface area contributed by atoms with E-state index in [9.17, 15) is 0 Å². The zero-order valence-corrected chi connectivity index (χ0v) is 11.6. The van der Waals surface area contributed by atoms with Crippen LogP contribution in [0.2, 0.25) is 0 Å². The van der Waals surface area contributed by atoms with Gasteiger partial charge in [0, 0.05) is 23.7 Å². The van der Waals surface area contributed by atoms with Gasteiger partial charge in [-0.1, -0.05) is 17.8 Å². The Morgan fingerprint density at radius 3 is 3.22 bits per heavy atom. The molecule has 1 saturated carbocycles. The van der Waals surface area contributed by atoms with Gasteiger partial charge in [-0.05, 0) is 34.7 Å². The molecule has 0 bridgehead atoms. The highest BCUT2D eigenvalue weighted by Crippen LogP contribution is 2.36. The Morgan fingerprint density at radius 1 is 1.50 bits per heavy atom. The number of tetrazole rings is 1. The minimum atomic E-state index is 0.557. The highest BCUT2D eigenvalue weighted by atomic mass is 32.2. The average molecular weight is 281 g/mol. The van der Waals surface area contributed by atoms with Crippen LogP contribution in [0, 0.1) is 0 Å². The van der Waals surface area contributed by atoms with Gasteiger partial charge in [0.2, 0.25) is 5.16 Å². The molecule has 1 fully saturated rings. The van der Waals surface area contributed by atoms with E-state index in [2.05, 4.69) is 38.4 Å². The van der Waals surface area contributed by atoms with E-state index in [1.165, 1.54) is 17.7 Å². The predicted octanol–water partition coefficient (Wildman–Crippen LogP) is 1.95. The zero-order chi connectivity index (χ0) is 12.2. The average Bonchev–Trinajstić information content (AvgIpc) is 2.92. The highest BCUT2D eigenvalue weighted by molar-refractivity contribution is 7.99. The Hall–Kier alpha value is -0.920. The van der Waals surface area contributed by atoms with Crippen molar-refractivity contribution >= 4 is 23.1 Å². The van der Waals surface area contributed by atoms with E-state index in [0.29, 0.717) is 6.04 Å². The first-order valence-electron chi connectivity index (χ1n) is 6.07. The molecule has 2 aromatic heterocycles. The maximum atomic E-state index is 4.06. The number of aromatic nitrogens is 4. The van der Waals surface area contributed by atoms with E-state index in [1.807, 2.05) is 4.68 Å². The Morgan fingerprint density at radius 2 is 2.44 bits per heavy atom. The van der Waals surface area contributed by atoms with Crippen LogP contribution in [0.4, 0.5) is 0 Å². The number of thioether (sulfide) groups is 1. The minimum Gasteiger partial charge on any atom is -0.311 e. The number of rotatable bonds is 7. The van der Waals surface area contributed by atoms with Crippen LogP contribution in [0.1, 0.15) is 23.8 Å². The fraction of sp³-hybridized carbons (Fsp3) is 0.545. The van der Waals surface area contributed by atoms with Gasteiger partial charge >= 0.3 is 0 Å². The van der Waals surface area contributed by atoms with Gasteiger partial charge in [0.25, 0.3) is 0 Å². The third-order valence-electron chi connectivity index (χ3n) is 2.74. The summed E-state index contributed by atoms with van der Waals surface area (Å²) in [6.45, 7) is 1.92. The molecular formula is C11H15N5S2. The van der Waals surface area contributed by atoms with Gasteiger partial charge in [-0.25, -0.2) is 4.68 Å². The molecule has 0 amide bonds. The number of hydrogen-bond acceptors (Lipinski definition) is 6. The smallest absolute Gasteiger partial charge is 0.209 e. The molecule has 1 aliphatic carbocycles. The maximum Gasteiger partial charge on any atom is 0.209 e. The molecule has 5 nitrogen and oxygen atoms in total. The second-order valence-electron chi connectivity index (χ2n) is 4.24. The molecule has 0 aliphatic heterocycles. The summed E-state index contributed by atoms with van der Waals surface area (Å²) >= 11 is 3.51. The fourth-order valence-corrected chi connectivity index (χ4v) is 3.18. The van der Waals surface area contributed by atoms with E-state index < -0.39 is 0 Å². The van der Waals surface area contributed by atoms with Crippen molar-refractivity contribution in [1.82, 2.24) is 25.5 Å². The second kappa shape index (κ2) is 5.81. The van der Waals surface area contributed by atoms with Crippen molar-refractivity contribution in [1.29, 1.82) is 0 Å². The highest BCUT2D eigenvalue weighted by Gasteiger charge is 2.27. The summed E-state index contributed by atoms with van der Waals surface area (Å²) in [5.74, 6) is 0.998. The molecular weight excluding hydrogens is 266 g/mol. The van der Waals surface area contributed by atoms with Gasteiger partial charge in [0.15, 0.2) is 0 Å². The van der Waals surface area contributed by atoms with Crippen LogP contribution in [-0.4, -0.2) is 32.5 Å². The molecule has 2 aromatic rings. The third kappa shape index (κ3) is 3.09. The summed E-state index contributed by atoms with van der Waals surface area (Å²) in [5, 5.41) is 18.3. The molecule has 2 heterocycles. The molecule has 0 spiro atoms. The molecule has 1 N–H and O–H groups in total. The summed E-state index contributed by atoms with van der Waals surface area (Å²) in [7, 11) is 0. The number of nitrogens with zero attached hydrogens (tertiary/aromatic N) is 4. The lowest BCUT2D eigenvalue weighted by Crippen LogP contribution is -2.16. The lowest BCUT2D eigenvalue weighted by molar-refractivity contribution is 0.565. The summed E-state index contributed by atoms with van der Waals surface area (Å²) in [4.78, 5) is 1.38. The Bertz CT molecular complexity index is 477. The van der Waals surface area contributed by atoms with Crippen molar-refractivity contribution in [2.45, 2.75) is 30.6 Å². The SMILES string of the molecule is c1csc(CNCCSc2nnnn2C2CC2)c1. The van der Waals surface area contributed by atoms with Crippen molar-refractivity contribution in [2.75, 3.05) is 12.3 Å². The Labute approximate surface area is 114 Å². The van der Waals surface area contributed by atoms with Gasteiger partial charge in [0.05, 0.1) is 6.04 Å². The van der Waals surface area contributed by atoms with Crippen LogP contribution in [0.5, 0.6) is 0 Å². The minimum absolute atomic E-state index is 0.557. The molecule has 18 heavy (non-hydrogen) atoms. The Kier molecular flexibility index (Phi) is 3.92. The lowest BCUT2D eigenvalue weighted by atomic mass is 10.4. The molecule has 0 atom stereocenters. The molecule has 3 rings (SSSR count). The predicted molar refractivity (Wildman–Crippen MR) is 72.8 cm³/mol. The molecule has 7 heteroatoms. The van der Waals surface area contributed by atoms with Gasteiger partial charge < -0.3 is 5.32 Å². The van der Waals surface area contributed by atoms with Crippen LogP contribution in [0.3, 0.4) is 0 Å². The van der Waals surface area contributed by atoms with Gasteiger partial charge in [-0.15, -0.1) is 16.4 Å². The van der Waals surface area contributed by atoms with Crippen LogP contribution < -0.4 is 5.32 Å². The molecule has 96 valence electrons. The van der Waals surface area contributed by atoms with E-state index in [-0.39, 0.29) is 0 Å². The van der Waals surface area contributed by atoms with Crippen LogP contribution >= 0.6 is 23.1 Å². The number of thiophene rings is 1. The first-order valence-corrected chi connectivity index (χ1v) is 7.94. The summed E-state index contributed by atoms with van der Waals surface area (Å²) in [6.07, 6.45) is 2.43. The van der Waals surface area contributed by atoms with Crippen molar-refractivity contribution < 1.29 is 0 Å². The van der Waals surface area contributed by atoms with E-state index in [4.69, 9.17) is 0 Å². The lowest BCUT2D eigenvalue weighted by Gasteiger charge is -2.03. The van der Waals surface area contributed by atoms with Crippen LogP contribution in [-0.2, 0) is 6.54 Å². The summed E-state index contributed by atoms with van der Waals surface area (Å²) in [5.41, 5.74) is 0. The molecule has 0 aromatic carbocycles. The quantitative estimate of drug-likeness (QED) is 0.621. The van der Waals surface area contributed by atoms with Crippen molar-refractivity contribution in [3.05, 3.63) is 22.4 Å². The zero-order valence-electron chi connectivity index (χ0n) is 9.95. The topological polar surface area (TPSA) is 55.6 Å². The van der Waals surface area contributed by atoms with Crippen molar-refractivity contribution in [3.8, 4) is 0 Å². The first kappa shape index (κ1) is 12.1. The summed E-state index contributed by atoms with van der Waals surface area (Å²) in [6, 6.07) is 4.79. The van der Waals surface area contributed by atoms with Crippen molar-refractivity contribution in [3.63, 3.8) is 0 Å². The Balaban J connectivity index is 1.38. The van der Waals surface area contributed by atoms with E-state index in [0.717, 1.165) is 24.0 Å². The molecule has 1 aliphatic rings. The molecule has 0 radical (unpaired) electrons. The largest absolute Gasteiger partial charge is 0.311 e. The third-order valence-corrected chi connectivity index (χ3v) is 4.56. The molecule has 0 unspecified atom stereocenters. The number of nitrogens with one attached hydrogen (secondary N) is 1. The first-order chi connectivity index (χ1) is 8.93. The fourth-order valence-electron chi connectivity index (χ4n) is 1.67. The normalized spacial score (nSPS) is 15.1.